The number of carbonyl (C=O) groups excluding carboxylic acids is 1. The molecule has 2 rings (SSSR count). The average Bonchev–Trinajstić information content (AvgIpc) is 2.53. The molecule has 25 heavy (non-hydrogen) atoms. The molecule has 0 aliphatic carbocycles. The normalized spacial score (nSPS) is 11.0. The number of hydrogen-bond donors (Lipinski definition) is 1. The Hall–Kier alpha value is -2.62. The van der Waals surface area contributed by atoms with Crippen LogP contribution < -0.4 is 0 Å². The van der Waals surface area contributed by atoms with Crippen molar-refractivity contribution in [3.63, 3.8) is 0 Å². The van der Waals surface area contributed by atoms with Crippen LogP contribution in [-0.4, -0.2) is 34.0 Å². The second-order valence-electron chi connectivity index (χ2n) is 6.72. The quantitative estimate of drug-likeness (QED) is 0.856. The highest BCUT2D eigenvalue weighted by Gasteiger charge is 2.23. The topological polar surface area (TPSA) is 57.6 Å². The van der Waals surface area contributed by atoms with E-state index in [1.165, 1.54) is 0 Å². The summed E-state index contributed by atoms with van der Waals surface area (Å²) in [5, 5.41) is 9.01. The zero-order chi connectivity index (χ0) is 18.6. The number of carboxylic acid groups (broad SMARTS) is 1. The van der Waals surface area contributed by atoms with Gasteiger partial charge in [-0.15, -0.1) is 0 Å². The molecule has 0 fully saturated rings. The molecule has 0 unspecified atom stereocenters. The van der Waals surface area contributed by atoms with E-state index in [2.05, 4.69) is 0 Å². The minimum atomic E-state index is -0.868. The molecule has 0 aliphatic heterocycles. The molecule has 0 spiro atoms. The highest BCUT2D eigenvalue weighted by molar-refractivity contribution is 6.01. The van der Waals surface area contributed by atoms with Crippen LogP contribution in [0, 0.1) is 0 Å². The predicted molar refractivity (Wildman–Crippen MR) is 99.7 cm³/mol. The summed E-state index contributed by atoms with van der Waals surface area (Å²) >= 11 is 0. The van der Waals surface area contributed by atoms with Gasteiger partial charge < -0.3 is 10.0 Å². The van der Waals surface area contributed by atoms with Gasteiger partial charge in [0.05, 0.1) is 6.42 Å². The van der Waals surface area contributed by atoms with Gasteiger partial charge in [-0.2, -0.15) is 0 Å². The van der Waals surface area contributed by atoms with Crippen molar-refractivity contribution in [1.82, 2.24) is 4.90 Å². The summed E-state index contributed by atoms with van der Waals surface area (Å²) in [4.78, 5) is 25.9. The van der Waals surface area contributed by atoms with E-state index in [9.17, 15) is 9.59 Å². The lowest BCUT2D eigenvalue weighted by atomic mass is 9.96. The number of hydrogen-bond acceptors (Lipinski definition) is 2. The van der Waals surface area contributed by atoms with Crippen molar-refractivity contribution in [3.8, 4) is 11.1 Å². The third-order valence-corrected chi connectivity index (χ3v) is 4.10. The Morgan fingerprint density at radius 2 is 1.60 bits per heavy atom. The van der Waals surface area contributed by atoms with E-state index in [0.717, 1.165) is 16.7 Å². The van der Waals surface area contributed by atoms with Crippen molar-refractivity contribution in [3.05, 3.63) is 59.7 Å². The number of carboxylic acids is 1. The number of amides is 1. The Bertz CT molecular complexity index is 757. The minimum absolute atomic E-state index is 0.00997. The maximum atomic E-state index is 13.1. The van der Waals surface area contributed by atoms with Crippen molar-refractivity contribution in [2.75, 3.05) is 0 Å². The fraction of sp³-hybridized carbons (Fsp3) is 0.333. The number of rotatable bonds is 6. The highest BCUT2D eigenvalue weighted by atomic mass is 16.4. The lowest BCUT2D eigenvalue weighted by molar-refractivity contribution is -0.136. The van der Waals surface area contributed by atoms with Crippen LogP contribution in [0.4, 0.5) is 0 Å². The fourth-order valence-electron chi connectivity index (χ4n) is 3.15. The maximum Gasteiger partial charge on any atom is 0.307 e. The summed E-state index contributed by atoms with van der Waals surface area (Å²) in [6.07, 6.45) is -0.0337. The van der Waals surface area contributed by atoms with Gasteiger partial charge in [0.25, 0.3) is 5.91 Å². The molecule has 0 heterocycles. The van der Waals surface area contributed by atoms with Gasteiger partial charge in [-0.25, -0.2) is 0 Å². The molecule has 0 bridgehead atoms. The monoisotopic (exact) mass is 339 g/mol. The Labute approximate surface area is 149 Å². The van der Waals surface area contributed by atoms with Gasteiger partial charge >= 0.3 is 5.97 Å². The van der Waals surface area contributed by atoms with Crippen molar-refractivity contribution in [1.29, 1.82) is 0 Å². The molecule has 4 nitrogen and oxygen atoms in total. The first-order valence-electron chi connectivity index (χ1n) is 8.54. The molecule has 2 aromatic rings. The second-order valence-corrected chi connectivity index (χ2v) is 6.72. The number of benzene rings is 2. The van der Waals surface area contributed by atoms with Crippen LogP contribution in [0.15, 0.2) is 48.5 Å². The SMILES string of the molecule is CC(C)N(C(=O)c1ccccc1-c1cccc(CC(=O)O)c1)C(C)C. The third kappa shape index (κ3) is 4.47. The van der Waals surface area contributed by atoms with Crippen LogP contribution >= 0.6 is 0 Å². The van der Waals surface area contributed by atoms with Crippen molar-refractivity contribution >= 4 is 11.9 Å². The minimum Gasteiger partial charge on any atom is -0.481 e. The van der Waals surface area contributed by atoms with Gasteiger partial charge in [-0.1, -0.05) is 42.5 Å². The standard InChI is InChI=1S/C21H25NO3/c1-14(2)22(15(3)4)21(25)19-11-6-5-10-18(19)17-9-7-8-16(12-17)13-20(23)24/h5-12,14-15H,13H2,1-4H3,(H,23,24). The summed E-state index contributed by atoms with van der Waals surface area (Å²) in [5.74, 6) is -0.878. The summed E-state index contributed by atoms with van der Waals surface area (Å²) in [6, 6.07) is 15.1. The molecule has 4 heteroatoms. The van der Waals surface area contributed by atoms with E-state index in [1.807, 2.05) is 75.1 Å². The van der Waals surface area contributed by atoms with Crippen molar-refractivity contribution in [2.45, 2.75) is 46.2 Å². The molecule has 0 atom stereocenters. The van der Waals surface area contributed by atoms with Gasteiger partial charge in [-0.3, -0.25) is 9.59 Å². The van der Waals surface area contributed by atoms with Crippen molar-refractivity contribution in [2.24, 2.45) is 0 Å². The average molecular weight is 339 g/mol. The van der Waals surface area contributed by atoms with Crippen LogP contribution in [0.25, 0.3) is 11.1 Å². The highest BCUT2D eigenvalue weighted by Crippen LogP contribution is 2.27. The predicted octanol–water partition coefficient (Wildman–Crippen LogP) is 4.24. The summed E-state index contributed by atoms with van der Waals surface area (Å²) in [7, 11) is 0. The molecule has 1 N–H and O–H groups in total. The smallest absolute Gasteiger partial charge is 0.307 e. The lowest BCUT2D eigenvalue weighted by Crippen LogP contribution is -2.42. The van der Waals surface area contributed by atoms with Crippen LogP contribution in [-0.2, 0) is 11.2 Å². The van der Waals surface area contributed by atoms with Crippen LogP contribution in [0.2, 0.25) is 0 Å². The Balaban J connectivity index is 2.48. The second kappa shape index (κ2) is 7.97. The molecule has 0 aromatic heterocycles. The molecule has 1 amide bonds. The van der Waals surface area contributed by atoms with Gasteiger partial charge in [0, 0.05) is 17.6 Å². The largest absolute Gasteiger partial charge is 0.481 e. The van der Waals surface area contributed by atoms with Crippen molar-refractivity contribution < 1.29 is 14.7 Å². The van der Waals surface area contributed by atoms with Gasteiger partial charge in [0.15, 0.2) is 0 Å². The van der Waals surface area contributed by atoms with Gasteiger partial charge in [-0.05, 0) is 50.5 Å². The van der Waals surface area contributed by atoms with Crippen LogP contribution in [0.5, 0.6) is 0 Å². The molecule has 132 valence electrons. The van der Waals surface area contributed by atoms with Crippen LogP contribution in [0.3, 0.4) is 0 Å². The first kappa shape index (κ1) is 18.7. The van der Waals surface area contributed by atoms with E-state index in [1.54, 1.807) is 6.07 Å². The van der Waals surface area contributed by atoms with E-state index < -0.39 is 5.97 Å². The van der Waals surface area contributed by atoms with Crippen LogP contribution in [0.1, 0.15) is 43.6 Å². The molecule has 2 aromatic carbocycles. The molecular weight excluding hydrogens is 314 g/mol. The summed E-state index contributed by atoms with van der Waals surface area (Å²) in [6.45, 7) is 8.03. The maximum absolute atomic E-state index is 13.1. The van der Waals surface area contributed by atoms with Gasteiger partial charge in [0.1, 0.15) is 0 Å². The Kier molecular flexibility index (Phi) is 5.97. The Morgan fingerprint density at radius 3 is 2.20 bits per heavy atom. The van der Waals surface area contributed by atoms with Gasteiger partial charge in [0.2, 0.25) is 0 Å². The zero-order valence-corrected chi connectivity index (χ0v) is 15.2. The molecule has 0 radical (unpaired) electrons. The molecule has 0 saturated heterocycles. The molecule has 0 aliphatic rings. The number of carbonyl (C=O) groups is 2. The summed E-state index contributed by atoms with van der Waals surface area (Å²) < 4.78 is 0. The van der Waals surface area contributed by atoms with E-state index in [4.69, 9.17) is 5.11 Å². The third-order valence-electron chi connectivity index (χ3n) is 4.10. The Morgan fingerprint density at radius 1 is 0.960 bits per heavy atom. The molecule has 0 saturated carbocycles. The lowest BCUT2D eigenvalue weighted by Gasteiger charge is -2.31. The van der Waals surface area contributed by atoms with E-state index in [0.29, 0.717) is 5.56 Å². The van der Waals surface area contributed by atoms with E-state index in [-0.39, 0.29) is 24.4 Å². The first-order chi connectivity index (χ1) is 11.8. The number of nitrogens with zero attached hydrogens (tertiary/aromatic N) is 1. The van der Waals surface area contributed by atoms with E-state index >= 15 is 0 Å². The summed E-state index contributed by atoms with van der Waals surface area (Å²) in [5.41, 5.74) is 3.04. The fourth-order valence-corrected chi connectivity index (χ4v) is 3.15. The first-order valence-corrected chi connectivity index (χ1v) is 8.54. The number of aliphatic carboxylic acids is 1. The zero-order valence-electron chi connectivity index (χ0n) is 15.2. The molecular formula is C21H25NO3.